The van der Waals surface area contributed by atoms with E-state index in [9.17, 15) is 14.7 Å². The molecular weight excluding hydrogens is 256 g/mol. The summed E-state index contributed by atoms with van der Waals surface area (Å²) in [7, 11) is 0. The molecule has 0 aliphatic carbocycles. The van der Waals surface area contributed by atoms with Gasteiger partial charge in [0.15, 0.2) is 0 Å². The van der Waals surface area contributed by atoms with E-state index in [1.165, 1.54) is 4.90 Å². The quantitative estimate of drug-likeness (QED) is 0.808. The molecule has 1 amide bonds. The first-order valence-corrected chi connectivity index (χ1v) is 6.80. The third-order valence-electron chi connectivity index (χ3n) is 3.93. The fourth-order valence-corrected chi connectivity index (χ4v) is 2.59. The minimum atomic E-state index is -0.933. The number of carboxylic acid groups (broad SMARTS) is 1. The number of piperidine rings is 1. The van der Waals surface area contributed by atoms with Gasteiger partial charge in [-0.1, -0.05) is 6.92 Å². The summed E-state index contributed by atoms with van der Waals surface area (Å²) in [5, 5.41) is 9.31. The van der Waals surface area contributed by atoms with Crippen LogP contribution in [0.3, 0.4) is 0 Å². The van der Waals surface area contributed by atoms with Crippen LogP contribution in [-0.4, -0.2) is 34.5 Å². The van der Waals surface area contributed by atoms with Gasteiger partial charge in [0, 0.05) is 17.8 Å². The molecule has 1 aromatic carbocycles. The molecule has 0 spiro atoms. The number of nitrogens with two attached hydrogens (primary N) is 1. The first-order valence-electron chi connectivity index (χ1n) is 6.80. The third kappa shape index (κ3) is 2.76. The predicted molar refractivity (Wildman–Crippen MR) is 76.4 cm³/mol. The van der Waals surface area contributed by atoms with E-state index in [4.69, 9.17) is 5.73 Å². The predicted octanol–water partition coefficient (Wildman–Crippen LogP) is 1.90. The van der Waals surface area contributed by atoms with Crippen LogP contribution in [-0.2, 0) is 4.79 Å². The number of aryl methyl sites for hydroxylation is 1. The van der Waals surface area contributed by atoms with Crippen molar-refractivity contribution in [2.75, 3.05) is 12.3 Å². The number of likely N-dealkylation sites (tertiary alicyclic amines) is 1. The molecule has 1 saturated heterocycles. The van der Waals surface area contributed by atoms with Crippen molar-refractivity contribution < 1.29 is 14.7 Å². The molecule has 2 rings (SSSR count). The molecule has 0 saturated carbocycles. The van der Waals surface area contributed by atoms with Crippen molar-refractivity contribution >= 4 is 17.6 Å². The molecule has 5 heteroatoms. The molecule has 1 aliphatic rings. The Kier molecular flexibility index (Phi) is 3.97. The SMILES string of the molecule is Cc1cc(C(=O)N2CCC(C)CC2C(=O)O)ccc1N. The van der Waals surface area contributed by atoms with E-state index in [2.05, 4.69) is 0 Å². The van der Waals surface area contributed by atoms with Crippen molar-refractivity contribution in [3.63, 3.8) is 0 Å². The summed E-state index contributed by atoms with van der Waals surface area (Å²) < 4.78 is 0. The number of nitrogens with zero attached hydrogens (tertiary/aromatic N) is 1. The van der Waals surface area contributed by atoms with Crippen molar-refractivity contribution in [1.29, 1.82) is 0 Å². The minimum Gasteiger partial charge on any atom is -0.480 e. The van der Waals surface area contributed by atoms with Crippen LogP contribution in [0.2, 0.25) is 0 Å². The van der Waals surface area contributed by atoms with Crippen LogP contribution in [0.15, 0.2) is 18.2 Å². The second-order valence-electron chi connectivity index (χ2n) is 5.55. The topological polar surface area (TPSA) is 83.6 Å². The van der Waals surface area contributed by atoms with Gasteiger partial charge in [0.25, 0.3) is 5.91 Å². The van der Waals surface area contributed by atoms with Gasteiger partial charge < -0.3 is 15.7 Å². The number of amides is 1. The average molecular weight is 276 g/mol. The Hall–Kier alpha value is -2.04. The summed E-state index contributed by atoms with van der Waals surface area (Å²) in [5.74, 6) is -0.835. The summed E-state index contributed by atoms with van der Waals surface area (Å²) in [6.45, 7) is 4.34. The molecule has 1 heterocycles. The number of aliphatic carboxylic acids is 1. The standard InChI is InChI=1S/C15H20N2O3/c1-9-5-6-17(13(7-9)15(19)20)14(18)11-3-4-12(16)10(2)8-11/h3-4,8-9,13H,5-7,16H2,1-2H3,(H,19,20). The fraction of sp³-hybridized carbons (Fsp3) is 0.467. The molecule has 1 aliphatic heterocycles. The molecule has 2 atom stereocenters. The number of carboxylic acids is 1. The first-order chi connectivity index (χ1) is 9.40. The highest BCUT2D eigenvalue weighted by Crippen LogP contribution is 2.25. The maximum absolute atomic E-state index is 12.5. The highest BCUT2D eigenvalue weighted by Gasteiger charge is 2.35. The Labute approximate surface area is 118 Å². The smallest absolute Gasteiger partial charge is 0.326 e. The summed E-state index contributed by atoms with van der Waals surface area (Å²) in [4.78, 5) is 25.3. The van der Waals surface area contributed by atoms with Crippen LogP contribution in [0.25, 0.3) is 0 Å². The van der Waals surface area contributed by atoms with E-state index in [-0.39, 0.29) is 5.91 Å². The third-order valence-corrected chi connectivity index (χ3v) is 3.93. The average Bonchev–Trinajstić information content (AvgIpc) is 2.41. The van der Waals surface area contributed by atoms with Gasteiger partial charge >= 0.3 is 5.97 Å². The molecule has 0 bridgehead atoms. The van der Waals surface area contributed by atoms with E-state index in [0.717, 1.165) is 12.0 Å². The number of hydrogen-bond acceptors (Lipinski definition) is 3. The number of carbonyl (C=O) groups is 2. The van der Waals surface area contributed by atoms with Gasteiger partial charge in [-0.25, -0.2) is 4.79 Å². The zero-order chi connectivity index (χ0) is 14.9. The van der Waals surface area contributed by atoms with E-state index >= 15 is 0 Å². The van der Waals surface area contributed by atoms with E-state index in [1.807, 2.05) is 13.8 Å². The van der Waals surface area contributed by atoms with Gasteiger partial charge in [0.2, 0.25) is 0 Å². The molecule has 0 aromatic heterocycles. The molecular formula is C15H20N2O3. The summed E-state index contributed by atoms with van der Waals surface area (Å²) >= 11 is 0. The number of nitrogen functional groups attached to an aromatic ring is 1. The summed E-state index contributed by atoms with van der Waals surface area (Å²) in [6.07, 6.45) is 1.35. The number of anilines is 1. The number of benzene rings is 1. The maximum Gasteiger partial charge on any atom is 0.326 e. The van der Waals surface area contributed by atoms with Crippen LogP contribution >= 0.6 is 0 Å². The maximum atomic E-state index is 12.5. The van der Waals surface area contributed by atoms with Crippen LogP contribution < -0.4 is 5.73 Å². The molecule has 3 N–H and O–H groups in total. The number of rotatable bonds is 2. The summed E-state index contributed by atoms with van der Waals surface area (Å²) in [5.41, 5.74) is 7.69. The van der Waals surface area contributed by atoms with E-state index in [1.54, 1.807) is 18.2 Å². The van der Waals surface area contributed by atoms with Crippen molar-refractivity contribution in [3.05, 3.63) is 29.3 Å². The lowest BCUT2D eigenvalue weighted by molar-refractivity contribution is -0.144. The number of hydrogen-bond donors (Lipinski definition) is 2. The van der Waals surface area contributed by atoms with Gasteiger partial charge in [0.1, 0.15) is 6.04 Å². The first kappa shape index (κ1) is 14.4. The Morgan fingerprint density at radius 3 is 2.70 bits per heavy atom. The Morgan fingerprint density at radius 1 is 1.40 bits per heavy atom. The van der Waals surface area contributed by atoms with Crippen molar-refractivity contribution in [1.82, 2.24) is 4.90 Å². The van der Waals surface area contributed by atoms with Crippen molar-refractivity contribution in [3.8, 4) is 0 Å². The lowest BCUT2D eigenvalue weighted by atomic mass is 9.91. The molecule has 5 nitrogen and oxygen atoms in total. The molecule has 0 radical (unpaired) electrons. The molecule has 108 valence electrons. The lowest BCUT2D eigenvalue weighted by Crippen LogP contribution is -2.49. The van der Waals surface area contributed by atoms with E-state index in [0.29, 0.717) is 30.1 Å². The van der Waals surface area contributed by atoms with Gasteiger partial charge in [-0.05, 0) is 49.4 Å². The van der Waals surface area contributed by atoms with Crippen LogP contribution in [0.5, 0.6) is 0 Å². The number of carbonyl (C=O) groups excluding carboxylic acids is 1. The van der Waals surface area contributed by atoms with Gasteiger partial charge in [-0.2, -0.15) is 0 Å². The molecule has 20 heavy (non-hydrogen) atoms. The van der Waals surface area contributed by atoms with Crippen LogP contribution in [0, 0.1) is 12.8 Å². The normalized spacial score (nSPS) is 22.6. The van der Waals surface area contributed by atoms with Crippen LogP contribution in [0.1, 0.15) is 35.7 Å². The molecule has 2 unspecified atom stereocenters. The largest absolute Gasteiger partial charge is 0.480 e. The zero-order valence-electron chi connectivity index (χ0n) is 11.8. The van der Waals surface area contributed by atoms with Gasteiger partial charge in [-0.3, -0.25) is 4.79 Å². The highest BCUT2D eigenvalue weighted by atomic mass is 16.4. The Morgan fingerprint density at radius 2 is 2.10 bits per heavy atom. The minimum absolute atomic E-state index is 0.229. The Balaban J connectivity index is 2.26. The fourth-order valence-electron chi connectivity index (χ4n) is 2.59. The molecule has 1 aromatic rings. The zero-order valence-corrected chi connectivity index (χ0v) is 11.8. The second-order valence-corrected chi connectivity index (χ2v) is 5.55. The summed E-state index contributed by atoms with van der Waals surface area (Å²) in [6, 6.07) is 4.32. The van der Waals surface area contributed by atoms with Crippen molar-refractivity contribution in [2.24, 2.45) is 5.92 Å². The lowest BCUT2D eigenvalue weighted by Gasteiger charge is -2.36. The van der Waals surface area contributed by atoms with Gasteiger partial charge in [0.05, 0.1) is 0 Å². The second kappa shape index (κ2) is 5.53. The van der Waals surface area contributed by atoms with Gasteiger partial charge in [-0.15, -0.1) is 0 Å². The molecule has 1 fully saturated rings. The Bertz CT molecular complexity index is 542. The van der Waals surface area contributed by atoms with Crippen molar-refractivity contribution in [2.45, 2.75) is 32.7 Å². The van der Waals surface area contributed by atoms with E-state index < -0.39 is 12.0 Å². The van der Waals surface area contributed by atoms with Crippen LogP contribution in [0.4, 0.5) is 5.69 Å². The highest BCUT2D eigenvalue weighted by molar-refractivity contribution is 5.97. The monoisotopic (exact) mass is 276 g/mol.